The fraction of sp³-hybridized carbons (Fsp3) is 0.833. The Kier molecular flexibility index (Phi) is 14.7. The summed E-state index contributed by atoms with van der Waals surface area (Å²) in [6.45, 7) is 22.2. The normalized spacial score (nSPS) is 23.1. The molecular weight excluding hydrogens is 596 g/mol. The van der Waals surface area contributed by atoms with Gasteiger partial charge in [0, 0.05) is 44.8 Å². The molecule has 4 atom stereocenters. The smallest absolute Gasteiger partial charge is 0.249 e. The van der Waals surface area contributed by atoms with Gasteiger partial charge in [0.05, 0.1) is 25.3 Å². The van der Waals surface area contributed by atoms with Gasteiger partial charge < -0.3 is 25.2 Å². The van der Waals surface area contributed by atoms with Gasteiger partial charge in [0.25, 0.3) is 0 Å². The molecule has 0 saturated carbocycles. The first kappa shape index (κ1) is 38.9. The van der Waals surface area contributed by atoms with Gasteiger partial charge in [-0.15, -0.1) is 0 Å². The molecule has 0 spiro atoms. The van der Waals surface area contributed by atoms with Crippen LogP contribution in [0.15, 0.2) is 11.6 Å². The number of nitrogens with zero attached hydrogens (tertiary/aromatic N) is 4. The van der Waals surface area contributed by atoms with Crippen molar-refractivity contribution < 1.29 is 23.9 Å². The zero-order valence-corrected chi connectivity index (χ0v) is 30.8. The van der Waals surface area contributed by atoms with E-state index in [0.29, 0.717) is 25.1 Å². The number of rotatable bonds is 13. The highest BCUT2D eigenvalue weighted by Gasteiger charge is 2.40. The molecule has 3 rings (SSSR count). The third-order valence-electron chi connectivity index (χ3n) is 10.0. The lowest BCUT2D eigenvalue weighted by Crippen LogP contribution is -2.60. The van der Waals surface area contributed by atoms with Crippen molar-refractivity contribution in [2.75, 3.05) is 59.5 Å². The average Bonchev–Trinajstić information content (AvgIpc) is 3.53. The number of piperidine rings is 1. The number of hydrogen-bond acceptors (Lipinski definition) is 7. The first-order valence-electron chi connectivity index (χ1n) is 18.0. The van der Waals surface area contributed by atoms with Crippen LogP contribution in [-0.4, -0.2) is 133 Å². The molecule has 11 heteroatoms. The number of hydrogen-bond donors (Lipinski definition) is 2. The Morgan fingerprint density at radius 1 is 0.915 bits per heavy atom. The minimum absolute atomic E-state index is 0.0157. The van der Waals surface area contributed by atoms with Crippen molar-refractivity contribution in [3.8, 4) is 0 Å². The van der Waals surface area contributed by atoms with Gasteiger partial charge >= 0.3 is 0 Å². The summed E-state index contributed by atoms with van der Waals surface area (Å²) in [6.07, 6.45) is 7.00. The van der Waals surface area contributed by atoms with Crippen molar-refractivity contribution in [3.05, 3.63) is 11.6 Å². The van der Waals surface area contributed by atoms with Gasteiger partial charge in [-0.1, -0.05) is 47.1 Å². The van der Waals surface area contributed by atoms with Gasteiger partial charge in [0.2, 0.25) is 23.6 Å². The van der Waals surface area contributed by atoms with E-state index in [1.165, 1.54) is 0 Å². The van der Waals surface area contributed by atoms with E-state index >= 15 is 0 Å². The molecule has 3 saturated heterocycles. The summed E-state index contributed by atoms with van der Waals surface area (Å²) in [4.78, 5) is 62.6. The van der Waals surface area contributed by atoms with Crippen molar-refractivity contribution in [1.82, 2.24) is 30.2 Å². The molecule has 3 aliphatic heterocycles. The molecule has 3 aliphatic rings. The molecule has 0 aromatic carbocycles. The molecule has 4 amide bonds. The summed E-state index contributed by atoms with van der Waals surface area (Å²) in [5, 5.41) is 6.20. The van der Waals surface area contributed by atoms with Crippen LogP contribution < -0.4 is 10.6 Å². The number of carbonyl (C=O) groups excluding carboxylic acids is 4. The van der Waals surface area contributed by atoms with Crippen LogP contribution in [-0.2, 0) is 23.9 Å². The second-order valence-electron chi connectivity index (χ2n) is 15.4. The van der Waals surface area contributed by atoms with E-state index in [4.69, 9.17) is 4.74 Å². The van der Waals surface area contributed by atoms with Crippen LogP contribution >= 0.6 is 0 Å². The van der Waals surface area contributed by atoms with E-state index in [-0.39, 0.29) is 47.7 Å². The average molecular weight is 661 g/mol. The predicted molar refractivity (Wildman–Crippen MR) is 186 cm³/mol. The van der Waals surface area contributed by atoms with E-state index in [9.17, 15) is 19.2 Å². The third-order valence-corrected chi connectivity index (χ3v) is 10.0. The van der Waals surface area contributed by atoms with Gasteiger partial charge in [-0.25, -0.2) is 0 Å². The van der Waals surface area contributed by atoms with E-state index < -0.39 is 17.5 Å². The van der Waals surface area contributed by atoms with E-state index in [0.717, 1.165) is 71.5 Å². The number of morpholine rings is 1. The molecular formula is C36H64N6O5. The highest BCUT2D eigenvalue weighted by atomic mass is 16.5. The molecule has 0 aromatic heterocycles. The van der Waals surface area contributed by atoms with Gasteiger partial charge in [0.15, 0.2) is 0 Å². The highest BCUT2D eigenvalue weighted by molar-refractivity contribution is 5.97. The third kappa shape index (κ3) is 10.7. The van der Waals surface area contributed by atoms with Crippen LogP contribution in [0.2, 0.25) is 0 Å². The maximum Gasteiger partial charge on any atom is 0.249 e. The van der Waals surface area contributed by atoms with Gasteiger partial charge in [-0.2, -0.15) is 0 Å². The first-order valence-corrected chi connectivity index (χ1v) is 18.0. The molecule has 0 aliphatic carbocycles. The van der Waals surface area contributed by atoms with E-state index in [2.05, 4.69) is 34.3 Å². The number of carbonyl (C=O) groups is 4. The Hall–Kier alpha value is -2.50. The van der Waals surface area contributed by atoms with Crippen molar-refractivity contribution in [3.63, 3.8) is 0 Å². The molecule has 0 bridgehead atoms. The monoisotopic (exact) mass is 660 g/mol. The summed E-state index contributed by atoms with van der Waals surface area (Å²) in [7, 11) is 1.76. The SMILES string of the molecule is C/C(=C\C(C(C)C)N(C)C(=O)[C@@H](NC(=O)[C@H]1CCCCN1C(C)C)C(C)(C)C)C(=O)N1CCC[C@H]1C(=O)NCCCN1CCOCC1. The van der Waals surface area contributed by atoms with Crippen molar-refractivity contribution in [2.24, 2.45) is 11.3 Å². The number of amides is 4. The number of likely N-dealkylation sites (N-methyl/N-ethyl adjacent to an activating group) is 1. The largest absolute Gasteiger partial charge is 0.379 e. The molecule has 11 nitrogen and oxygen atoms in total. The minimum atomic E-state index is -0.725. The molecule has 1 unspecified atom stereocenters. The fourth-order valence-corrected chi connectivity index (χ4v) is 7.14. The van der Waals surface area contributed by atoms with Crippen LogP contribution in [0.3, 0.4) is 0 Å². The molecule has 2 N–H and O–H groups in total. The summed E-state index contributed by atoms with van der Waals surface area (Å²) in [5.41, 5.74) is -0.00579. The topological polar surface area (TPSA) is 115 Å². The quantitative estimate of drug-likeness (QED) is 0.231. The van der Waals surface area contributed by atoms with Gasteiger partial charge in [0.1, 0.15) is 12.1 Å². The van der Waals surface area contributed by atoms with Crippen LogP contribution in [0, 0.1) is 11.3 Å². The van der Waals surface area contributed by atoms with Gasteiger partial charge in [-0.05, 0) is 77.3 Å². The zero-order valence-electron chi connectivity index (χ0n) is 30.8. The Labute approximate surface area is 284 Å². The van der Waals surface area contributed by atoms with Gasteiger partial charge in [-0.3, -0.25) is 29.0 Å². The minimum Gasteiger partial charge on any atom is -0.379 e. The maximum absolute atomic E-state index is 14.2. The van der Waals surface area contributed by atoms with Crippen LogP contribution in [0.25, 0.3) is 0 Å². The Morgan fingerprint density at radius 3 is 2.19 bits per heavy atom. The molecule has 3 heterocycles. The fourth-order valence-electron chi connectivity index (χ4n) is 7.14. The Morgan fingerprint density at radius 2 is 1.57 bits per heavy atom. The van der Waals surface area contributed by atoms with Crippen molar-refractivity contribution in [1.29, 1.82) is 0 Å². The second-order valence-corrected chi connectivity index (χ2v) is 15.4. The van der Waals surface area contributed by atoms with Crippen LogP contribution in [0.5, 0.6) is 0 Å². The number of likely N-dealkylation sites (tertiary alicyclic amines) is 2. The summed E-state index contributed by atoms with van der Waals surface area (Å²) >= 11 is 0. The lowest BCUT2D eigenvalue weighted by atomic mass is 9.84. The van der Waals surface area contributed by atoms with Crippen molar-refractivity contribution >= 4 is 23.6 Å². The summed E-state index contributed by atoms with van der Waals surface area (Å²) < 4.78 is 5.41. The second kappa shape index (κ2) is 17.8. The number of nitrogens with one attached hydrogen (secondary N) is 2. The summed E-state index contributed by atoms with van der Waals surface area (Å²) in [6, 6.07) is -1.59. The zero-order chi connectivity index (χ0) is 34.9. The van der Waals surface area contributed by atoms with Crippen molar-refractivity contribution in [2.45, 2.75) is 124 Å². The lowest BCUT2D eigenvalue weighted by molar-refractivity contribution is -0.142. The molecule has 47 heavy (non-hydrogen) atoms. The summed E-state index contributed by atoms with van der Waals surface area (Å²) in [5.74, 6) is -0.529. The Bertz CT molecular complexity index is 1100. The van der Waals surface area contributed by atoms with E-state index in [1.54, 1.807) is 23.8 Å². The van der Waals surface area contributed by atoms with Crippen LogP contribution in [0.4, 0.5) is 0 Å². The number of ether oxygens (including phenoxy) is 1. The highest BCUT2D eigenvalue weighted by Crippen LogP contribution is 2.27. The lowest BCUT2D eigenvalue weighted by Gasteiger charge is -2.41. The first-order chi connectivity index (χ1) is 22.1. The van der Waals surface area contributed by atoms with E-state index in [1.807, 2.05) is 40.7 Å². The maximum atomic E-state index is 14.2. The van der Waals surface area contributed by atoms with Crippen LogP contribution in [0.1, 0.15) is 93.9 Å². The molecule has 268 valence electrons. The Balaban J connectivity index is 1.67. The molecule has 0 radical (unpaired) electrons. The molecule has 0 aromatic rings. The predicted octanol–water partition coefficient (Wildman–Crippen LogP) is 3.04. The molecule has 3 fully saturated rings. The standard InChI is InChI=1S/C36H64N6O5/c1-25(2)30(39(9)35(46)31(36(6,7)8)38-33(44)29-14-10-11-18-41(29)26(3)4)24-27(5)34(45)42-19-12-15-28(42)32(43)37-16-13-17-40-20-22-47-23-21-40/h24-26,28-31H,10-23H2,1-9H3,(H,37,43)(H,38,44)/b27-24+/t28-,29+,30?,31+/m0/s1.